The number of carboxylic acid groups (broad SMARTS) is 1. The van der Waals surface area contributed by atoms with E-state index in [-0.39, 0.29) is 18.7 Å². The van der Waals surface area contributed by atoms with E-state index >= 15 is 0 Å². The number of hydrogen-bond donors (Lipinski definition) is 2. The van der Waals surface area contributed by atoms with Crippen molar-refractivity contribution in [2.45, 2.75) is 6.42 Å². The Balaban J connectivity index is 2.47. The summed E-state index contributed by atoms with van der Waals surface area (Å²) in [6.45, 7) is -0.132. The summed E-state index contributed by atoms with van der Waals surface area (Å²) < 4.78 is 2.19. The van der Waals surface area contributed by atoms with E-state index in [1.54, 1.807) is 24.4 Å². The van der Waals surface area contributed by atoms with Crippen molar-refractivity contribution in [3.05, 3.63) is 45.1 Å². The molecule has 0 radical (unpaired) electrons. The first-order valence-corrected chi connectivity index (χ1v) is 6.58. The van der Waals surface area contributed by atoms with Gasteiger partial charge in [0.05, 0.1) is 10.7 Å². The van der Waals surface area contributed by atoms with E-state index in [2.05, 4.69) is 21.0 Å². The Hall–Kier alpha value is -1.37. The van der Waals surface area contributed by atoms with Crippen LogP contribution >= 0.6 is 27.5 Å². The molecule has 2 N–H and O–H groups in total. The van der Waals surface area contributed by atoms with Crippen LogP contribution in [0.25, 0.3) is 5.69 Å². The predicted octanol–water partition coefficient (Wildman–Crippen LogP) is 2.52. The molecule has 19 heavy (non-hydrogen) atoms. The fourth-order valence-corrected chi connectivity index (χ4v) is 2.07. The van der Waals surface area contributed by atoms with Gasteiger partial charge in [0.15, 0.2) is 5.69 Å². The van der Waals surface area contributed by atoms with Gasteiger partial charge in [-0.25, -0.2) is 9.48 Å². The molecular weight excluding hydrogens is 336 g/mol. The molecule has 1 heterocycles. The van der Waals surface area contributed by atoms with Crippen LogP contribution in [-0.2, 0) is 6.42 Å². The summed E-state index contributed by atoms with van der Waals surface area (Å²) in [6, 6.07) is 5.19. The van der Waals surface area contributed by atoms with Gasteiger partial charge in [-0.05, 0) is 40.5 Å². The van der Waals surface area contributed by atoms with Crippen molar-refractivity contribution in [3.63, 3.8) is 0 Å². The number of carbonyl (C=O) groups is 1. The number of aliphatic hydroxyl groups excluding tert-OH is 1. The molecule has 100 valence electrons. The highest BCUT2D eigenvalue weighted by Gasteiger charge is 2.16. The Morgan fingerprint density at radius 2 is 2.21 bits per heavy atom. The van der Waals surface area contributed by atoms with Crippen LogP contribution in [0.4, 0.5) is 0 Å². The van der Waals surface area contributed by atoms with E-state index in [1.165, 1.54) is 4.68 Å². The summed E-state index contributed by atoms with van der Waals surface area (Å²) in [4.78, 5) is 11.1. The van der Waals surface area contributed by atoms with E-state index in [0.717, 1.165) is 4.47 Å². The lowest BCUT2D eigenvalue weighted by atomic mass is 10.2. The third-order valence-corrected chi connectivity index (χ3v) is 3.77. The average molecular weight is 346 g/mol. The molecule has 2 rings (SSSR count). The molecule has 7 heteroatoms. The van der Waals surface area contributed by atoms with Gasteiger partial charge in [-0.3, -0.25) is 0 Å². The first-order valence-electron chi connectivity index (χ1n) is 5.41. The van der Waals surface area contributed by atoms with Crippen molar-refractivity contribution in [2.75, 3.05) is 6.61 Å². The Morgan fingerprint density at radius 3 is 2.79 bits per heavy atom. The molecule has 0 aliphatic rings. The lowest BCUT2D eigenvalue weighted by Crippen LogP contribution is -2.03. The van der Waals surface area contributed by atoms with Crippen molar-refractivity contribution in [1.82, 2.24) is 9.78 Å². The number of aromatic nitrogens is 2. The minimum atomic E-state index is -1.12. The van der Waals surface area contributed by atoms with Gasteiger partial charge in [0.1, 0.15) is 0 Å². The summed E-state index contributed by atoms with van der Waals surface area (Å²) in [5.41, 5.74) is 1.07. The smallest absolute Gasteiger partial charge is 0.356 e. The Morgan fingerprint density at radius 1 is 1.47 bits per heavy atom. The zero-order valence-corrected chi connectivity index (χ0v) is 12.0. The Kier molecular flexibility index (Phi) is 4.24. The van der Waals surface area contributed by atoms with Crippen LogP contribution in [0.3, 0.4) is 0 Å². The molecule has 0 bridgehead atoms. The summed E-state index contributed by atoms with van der Waals surface area (Å²) in [5.74, 6) is -1.12. The predicted molar refractivity (Wildman–Crippen MR) is 74.0 cm³/mol. The minimum absolute atomic E-state index is 0.0620. The number of nitrogens with zero attached hydrogens (tertiary/aromatic N) is 2. The van der Waals surface area contributed by atoms with E-state index in [0.29, 0.717) is 16.3 Å². The zero-order valence-electron chi connectivity index (χ0n) is 9.68. The number of halogens is 2. The number of carboxylic acids is 1. The average Bonchev–Trinajstić information content (AvgIpc) is 2.77. The zero-order chi connectivity index (χ0) is 14.0. The highest BCUT2D eigenvalue weighted by molar-refractivity contribution is 9.10. The Bertz CT molecular complexity index is 627. The van der Waals surface area contributed by atoms with Crippen LogP contribution in [0.5, 0.6) is 0 Å². The van der Waals surface area contributed by atoms with Gasteiger partial charge in [0.2, 0.25) is 0 Å². The van der Waals surface area contributed by atoms with Crippen molar-refractivity contribution >= 4 is 33.5 Å². The molecule has 0 saturated carbocycles. The topological polar surface area (TPSA) is 75.3 Å². The second-order valence-corrected chi connectivity index (χ2v) is 5.09. The largest absolute Gasteiger partial charge is 0.476 e. The summed E-state index contributed by atoms with van der Waals surface area (Å²) in [7, 11) is 0. The SMILES string of the molecule is O=C(O)c1nn(-c2ccc(Br)c(Cl)c2)cc1CCO. The quantitative estimate of drug-likeness (QED) is 0.893. The second-order valence-electron chi connectivity index (χ2n) is 3.82. The maximum Gasteiger partial charge on any atom is 0.356 e. The van der Waals surface area contributed by atoms with E-state index in [9.17, 15) is 4.79 Å². The van der Waals surface area contributed by atoms with Crippen molar-refractivity contribution in [2.24, 2.45) is 0 Å². The van der Waals surface area contributed by atoms with E-state index in [4.69, 9.17) is 21.8 Å². The van der Waals surface area contributed by atoms with Gasteiger partial charge in [0, 0.05) is 22.8 Å². The molecule has 0 spiro atoms. The molecule has 0 unspecified atom stereocenters. The van der Waals surface area contributed by atoms with E-state index in [1.807, 2.05) is 0 Å². The van der Waals surface area contributed by atoms with Crippen molar-refractivity contribution < 1.29 is 15.0 Å². The molecule has 1 aromatic heterocycles. The number of benzene rings is 1. The molecule has 0 aliphatic heterocycles. The molecule has 0 amide bonds. The molecular formula is C12H10BrClN2O3. The highest BCUT2D eigenvalue weighted by Crippen LogP contribution is 2.25. The van der Waals surface area contributed by atoms with Gasteiger partial charge in [-0.1, -0.05) is 11.6 Å². The lowest BCUT2D eigenvalue weighted by molar-refractivity contribution is 0.0688. The first kappa shape index (κ1) is 14.0. The highest BCUT2D eigenvalue weighted by atomic mass is 79.9. The maximum absolute atomic E-state index is 11.1. The number of aromatic carboxylic acids is 1. The first-order chi connectivity index (χ1) is 9.02. The van der Waals surface area contributed by atoms with Crippen LogP contribution in [0.15, 0.2) is 28.9 Å². The Labute approximate surface area is 122 Å². The molecule has 1 aromatic carbocycles. The summed E-state index contributed by atoms with van der Waals surface area (Å²) in [6.07, 6.45) is 1.82. The molecule has 0 aliphatic carbocycles. The number of aliphatic hydroxyl groups is 1. The fourth-order valence-electron chi connectivity index (χ4n) is 1.65. The third kappa shape index (κ3) is 2.97. The summed E-state index contributed by atoms with van der Waals surface area (Å²) in [5, 5.41) is 22.5. The minimum Gasteiger partial charge on any atom is -0.476 e. The molecule has 2 aromatic rings. The van der Waals surface area contributed by atoms with Crippen LogP contribution in [0.1, 0.15) is 16.1 Å². The molecule has 0 atom stereocenters. The molecule has 5 nitrogen and oxygen atoms in total. The third-order valence-electron chi connectivity index (χ3n) is 2.54. The van der Waals surface area contributed by atoms with Crippen molar-refractivity contribution in [3.8, 4) is 5.69 Å². The monoisotopic (exact) mass is 344 g/mol. The van der Waals surface area contributed by atoms with Gasteiger partial charge in [0.25, 0.3) is 0 Å². The standard InChI is InChI=1S/C12H10BrClN2O3/c13-9-2-1-8(5-10(9)14)16-6-7(3-4-17)11(15-16)12(18)19/h1-2,5-6,17H,3-4H2,(H,18,19). The maximum atomic E-state index is 11.1. The molecule has 0 saturated heterocycles. The number of rotatable bonds is 4. The molecule has 0 fully saturated rings. The van der Waals surface area contributed by atoms with Gasteiger partial charge < -0.3 is 10.2 Å². The van der Waals surface area contributed by atoms with Gasteiger partial charge >= 0.3 is 5.97 Å². The summed E-state index contributed by atoms with van der Waals surface area (Å²) >= 11 is 9.27. The van der Waals surface area contributed by atoms with Crippen LogP contribution in [0, 0.1) is 0 Å². The van der Waals surface area contributed by atoms with Gasteiger partial charge in [-0.2, -0.15) is 5.10 Å². The lowest BCUT2D eigenvalue weighted by Gasteiger charge is -2.02. The normalized spacial score (nSPS) is 10.7. The van der Waals surface area contributed by atoms with Crippen molar-refractivity contribution in [1.29, 1.82) is 0 Å². The second kappa shape index (κ2) is 5.73. The van der Waals surface area contributed by atoms with Gasteiger partial charge in [-0.15, -0.1) is 0 Å². The number of hydrogen-bond acceptors (Lipinski definition) is 3. The van der Waals surface area contributed by atoms with E-state index < -0.39 is 5.97 Å². The fraction of sp³-hybridized carbons (Fsp3) is 0.167. The van der Waals surface area contributed by atoms with Crippen LogP contribution in [-0.4, -0.2) is 32.6 Å². The van der Waals surface area contributed by atoms with Crippen LogP contribution < -0.4 is 0 Å². The van der Waals surface area contributed by atoms with Crippen LogP contribution in [0.2, 0.25) is 5.02 Å².